The van der Waals surface area contributed by atoms with Gasteiger partial charge in [-0.05, 0) is 38.8 Å². The van der Waals surface area contributed by atoms with Crippen LogP contribution in [0, 0.1) is 0 Å². The zero-order valence-electron chi connectivity index (χ0n) is 17.8. The van der Waals surface area contributed by atoms with Crippen molar-refractivity contribution < 1.29 is 0 Å². The van der Waals surface area contributed by atoms with E-state index < -0.39 is 0 Å². The highest BCUT2D eigenvalue weighted by Gasteiger charge is 2.16. The lowest BCUT2D eigenvalue weighted by Gasteiger charge is -2.31. The fraction of sp³-hybridized carbons (Fsp3) is 0.538. The van der Waals surface area contributed by atoms with Crippen molar-refractivity contribution in [2.75, 3.05) is 7.05 Å². The van der Waals surface area contributed by atoms with Gasteiger partial charge >= 0.3 is 0 Å². The lowest BCUT2D eigenvalue weighted by atomic mass is 10.0. The Bertz CT molecular complexity index is 600. The fourth-order valence-electron chi connectivity index (χ4n) is 3.89. The van der Waals surface area contributed by atoms with E-state index in [-0.39, 0.29) is 0 Å². The van der Waals surface area contributed by atoms with Gasteiger partial charge in [0.15, 0.2) is 0 Å². The lowest BCUT2D eigenvalue weighted by molar-refractivity contribution is 0.267. The molecule has 0 N–H and O–H groups in total. The van der Waals surface area contributed by atoms with Crippen molar-refractivity contribution in [2.45, 2.75) is 84.1 Å². The maximum absolute atomic E-state index is 2.53. The van der Waals surface area contributed by atoms with Crippen molar-refractivity contribution in [2.24, 2.45) is 0 Å². The molecule has 0 spiro atoms. The average molecular weight is 366 g/mol. The van der Waals surface area contributed by atoms with E-state index in [1.54, 1.807) is 0 Å². The van der Waals surface area contributed by atoms with Crippen molar-refractivity contribution >= 4 is 0 Å². The summed E-state index contributed by atoms with van der Waals surface area (Å²) >= 11 is 0. The first-order valence-corrected chi connectivity index (χ1v) is 11.0. The molecule has 2 aliphatic carbocycles. The van der Waals surface area contributed by atoms with Gasteiger partial charge in [-0.2, -0.15) is 0 Å². The smallest absolute Gasteiger partial charge is 0.0366 e. The molecule has 0 atom stereocenters. The van der Waals surface area contributed by atoms with Gasteiger partial charge in [0.2, 0.25) is 0 Å². The lowest BCUT2D eigenvalue weighted by Crippen LogP contribution is -2.30. The van der Waals surface area contributed by atoms with Crippen LogP contribution in [-0.2, 0) is 0 Å². The zero-order valence-corrected chi connectivity index (χ0v) is 17.8. The maximum atomic E-state index is 2.53. The molecule has 0 aromatic heterocycles. The van der Waals surface area contributed by atoms with Crippen molar-refractivity contribution in [3.05, 3.63) is 71.5 Å². The molecule has 148 valence electrons. The van der Waals surface area contributed by atoms with E-state index >= 15 is 0 Å². The van der Waals surface area contributed by atoms with E-state index in [1.807, 2.05) is 0 Å². The molecule has 0 heterocycles. The van der Waals surface area contributed by atoms with Crippen molar-refractivity contribution in [3.8, 4) is 0 Å². The molecule has 0 aromatic carbocycles. The van der Waals surface area contributed by atoms with Crippen LogP contribution in [0.5, 0.6) is 0 Å². The fourth-order valence-corrected chi connectivity index (χ4v) is 3.89. The second kappa shape index (κ2) is 12.6. The van der Waals surface area contributed by atoms with Gasteiger partial charge in [0.05, 0.1) is 0 Å². The Morgan fingerprint density at radius 1 is 0.630 bits per heavy atom. The molecular formula is C26H39N. The van der Waals surface area contributed by atoms with Gasteiger partial charge in [-0.3, -0.25) is 0 Å². The molecule has 0 unspecified atom stereocenters. The van der Waals surface area contributed by atoms with E-state index in [9.17, 15) is 0 Å². The highest BCUT2D eigenvalue weighted by Crippen LogP contribution is 2.23. The third kappa shape index (κ3) is 8.65. The molecule has 0 aromatic rings. The molecule has 0 amide bonds. The normalized spacial score (nSPS) is 27.4. The molecule has 1 nitrogen and oxygen atoms in total. The summed E-state index contributed by atoms with van der Waals surface area (Å²) in [7, 11) is 2.29. The minimum Gasteiger partial charge on any atom is -0.372 e. The van der Waals surface area contributed by atoms with Crippen LogP contribution in [0.2, 0.25) is 0 Å². The van der Waals surface area contributed by atoms with E-state index in [0.29, 0.717) is 6.04 Å². The molecular weight excluding hydrogens is 326 g/mol. The van der Waals surface area contributed by atoms with Gasteiger partial charge in [0.1, 0.15) is 0 Å². The van der Waals surface area contributed by atoms with Gasteiger partial charge in [-0.15, -0.1) is 0 Å². The first kappa shape index (κ1) is 21.5. The molecule has 1 heteroatoms. The summed E-state index contributed by atoms with van der Waals surface area (Å²) in [6.07, 6.45) is 33.7. The van der Waals surface area contributed by atoms with Crippen LogP contribution < -0.4 is 0 Å². The third-order valence-corrected chi connectivity index (χ3v) is 5.75. The number of likely N-dealkylation sites (N-methyl/N-ethyl adjacent to an activating group) is 1. The van der Waals surface area contributed by atoms with Gasteiger partial charge in [0.25, 0.3) is 0 Å². The Balaban J connectivity index is 2.16. The van der Waals surface area contributed by atoms with Crippen LogP contribution in [0.1, 0.15) is 78.1 Å². The third-order valence-electron chi connectivity index (χ3n) is 5.75. The molecule has 2 aliphatic rings. The number of nitrogens with zero attached hydrogens (tertiary/aromatic N) is 1. The van der Waals surface area contributed by atoms with Crippen LogP contribution >= 0.6 is 0 Å². The second-order valence-corrected chi connectivity index (χ2v) is 8.16. The van der Waals surface area contributed by atoms with E-state index in [4.69, 9.17) is 0 Å². The minimum absolute atomic E-state index is 0.654. The van der Waals surface area contributed by atoms with Crippen LogP contribution in [0.15, 0.2) is 71.5 Å². The molecule has 1 saturated carbocycles. The highest BCUT2D eigenvalue weighted by atomic mass is 15.1. The number of rotatable bonds is 2. The number of allylic oxidation sites excluding steroid dienone is 11. The van der Waals surface area contributed by atoms with Crippen molar-refractivity contribution in [1.29, 1.82) is 0 Å². The highest BCUT2D eigenvalue weighted by molar-refractivity contribution is 5.34. The number of hydrogen-bond donors (Lipinski definition) is 0. The molecule has 2 rings (SSSR count). The standard InChI is InChI=1S/C26H39N/c1-23-15-12-13-20-26(22-21-24(2)17-14-16-23)27(3)25-18-10-8-6-4-5-7-9-11-19-25/h12-17,20-22,25H,4-11,18-19H2,1-3H3/b13-12?,15-12?,16-14?,17-14-,20-13-,22-21?,23-15?,23-16?,24-17?,24-21-,26-20?,26-22+. The summed E-state index contributed by atoms with van der Waals surface area (Å²) in [4.78, 5) is 2.53. The number of hydrogen-bond acceptors (Lipinski definition) is 1. The van der Waals surface area contributed by atoms with Gasteiger partial charge in [-0.25, -0.2) is 0 Å². The average Bonchev–Trinajstić information content (AvgIpc) is 2.71. The first-order chi connectivity index (χ1) is 13.2. The van der Waals surface area contributed by atoms with Crippen molar-refractivity contribution in [1.82, 2.24) is 4.90 Å². The van der Waals surface area contributed by atoms with Crippen LogP contribution in [0.4, 0.5) is 0 Å². The Hall–Kier alpha value is -1.76. The Morgan fingerprint density at radius 3 is 1.81 bits per heavy atom. The van der Waals surface area contributed by atoms with E-state index in [0.717, 1.165) is 0 Å². The predicted octanol–water partition coefficient (Wildman–Crippen LogP) is 7.66. The summed E-state index contributed by atoms with van der Waals surface area (Å²) < 4.78 is 0. The molecule has 1 fully saturated rings. The molecule has 0 saturated heterocycles. The largest absolute Gasteiger partial charge is 0.372 e. The molecule has 27 heavy (non-hydrogen) atoms. The molecule has 0 radical (unpaired) electrons. The predicted molar refractivity (Wildman–Crippen MR) is 121 cm³/mol. The Morgan fingerprint density at radius 2 is 1.15 bits per heavy atom. The van der Waals surface area contributed by atoms with Gasteiger partial charge in [0, 0.05) is 18.8 Å². The van der Waals surface area contributed by atoms with Crippen molar-refractivity contribution in [3.63, 3.8) is 0 Å². The summed E-state index contributed by atoms with van der Waals surface area (Å²) in [5.74, 6) is 0. The van der Waals surface area contributed by atoms with E-state index in [2.05, 4.69) is 80.5 Å². The van der Waals surface area contributed by atoms with Crippen LogP contribution in [0.3, 0.4) is 0 Å². The van der Waals surface area contributed by atoms with Crippen LogP contribution in [0.25, 0.3) is 0 Å². The quantitative estimate of drug-likeness (QED) is 0.485. The Labute approximate surface area is 167 Å². The SMILES string of the molecule is CC1=C\C=C/C(C)=C\C=C(N(C)C2CCCCCCCCCC2)/C=C\C=C1. The van der Waals surface area contributed by atoms with Gasteiger partial charge < -0.3 is 4.90 Å². The maximum Gasteiger partial charge on any atom is 0.0366 e. The molecule has 0 aliphatic heterocycles. The van der Waals surface area contributed by atoms with Gasteiger partial charge in [-0.1, -0.05) is 105 Å². The molecule has 0 bridgehead atoms. The summed E-state index contributed by atoms with van der Waals surface area (Å²) in [5, 5.41) is 0. The van der Waals surface area contributed by atoms with Crippen LogP contribution in [-0.4, -0.2) is 18.0 Å². The Kier molecular flexibility index (Phi) is 10.0. The second-order valence-electron chi connectivity index (χ2n) is 8.16. The summed E-state index contributed by atoms with van der Waals surface area (Å²) in [6, 6.07) is 0.654. The zero-order chi connectivity index (χ0) is 19.3. The first-order valence-electron chi connectivity index (χ1n) is 11.0. The summed E-state index contributed by atoms with van der Waals surface area (Å²) in [5.41, 5.74) is 3.87. The summed E-state index contributed by atoms with van der Waals surface area (Å²) in [6.45, 7) is 4.32. The van der Waals surface area contributed by atoms with E-state index in [1.165, 1.54) is 81.1 Å². The minimum atomic E-state index is 0.654. The monoisotopic (exact) mass is 365 g/mol. The topological polar surface area (TPSA) is 3.24 Å².